The van der Waals surface area contributed by atoms with Crippen LogP contribution in [0.3, 0.4) is 0 Å². The maximum Gasteiger partial charge on any atom is 0.304 e. The molecule has 4 saturated carbocycles. The molecule has 2 aliphatic heterocycles. The average Bonchev–Trinajstić information content (AvgIpc) is 3.66. The van der Waals surface area contributed by atoms with Crippen molar-refractivity contribution in [3.8, 4) is 0 Å². The fourth-order valence-corrected chi connectivity index (χ4v) is 14.0. The zero-order chi connectivity index (χ0) is 43.7. The smallest absolute Gasteiger partial charge is 0.304 e. The standard InChI is InChI=1S/C46H77N5O7S/c1-12-31-26-44(31,40(56)48-59(57,58)49(11)42(6,7)8)28-36(53)34-27-46(43(9,10)45(46)22-18-23-45)29-51(34)39(55)32(41(3,4)5)25-35(52)37(30-19-15-14-16-20-30)47-38(54)33-21-17-24-50(33)13-2/h30-34,37H,12-29H2,1-11H3,(H,47,54)(H,48,56)/t31-,32-,33+,34+,37+,44-,46-/m1/s1. The zero-order valence-corrected chi connectivity index (χ0v) is 39.1. The van der Waals surface area contributed by atoms with E-state index in [0.29, 0.717) is 25.8 Å². The average molecular weight is 844 g/mol. The summed E-state index contributed by atoms with van der Waals surface area (Å²) in [5, 5.41) is 3.24. The number of fused-ring (bicyclic) bond motifs is 1. The summed E-state index contributed by atoms with van der Waals surface area (Å²) in [6.45, 7) is 21.8. The summed E-state index contributed by atoms with van der Waals surface area (Å²) in [4.78, 5) is 76.9. The van der Waals surface area contributed by atoms with Crippen LogP contribution in [0.4, 0.5) is 0 Å². The first-order valence-electron chi connectivity index (χ1n) is 23.1. The molecule has 6 fully saturated rings. The van der Waals surface area contributed by atoms with Crippen LogP contribution in [0.2, 0.25) is 0 Å². The lowest BCUT2D eigenvalue weighted by atomic mass is 9.73. The third-order valence-corrected chi connectivity index (χ3v) is 19.0. The predicted molar refractivity (Wildman–Crippen MR) is 229 cm³/mol. The summed E-state index contributed by atoms with van der Waals surface area (Å²) in [6.07, 6.45) is 11.1. The van der Waals surface area contributed by atoms with Crippen LogP contribution in [0.15, 0.2) is 0 Å². The summed E-state index contributed by atoms with van der Waals surface area (Å²) >= 11 is 0. The molecule has 6 aliphatic rings. The lowest BCUT2D eigenvalue weighted by Crippen LogP contribution is -2.54. The van der Waals surface area contributed by atoms with Gasteiger partial charge in [0, 0.05) is 43.3 Å². The van der Waals surface area contributed by atoms with Gasteiger partial charge < -0.3 is 10.2 Å². The van der Waals surface area contributed by atoms with Crippen molar-refractivity contribution in [3.05, 3.63) is 0 Å². The van der Waals surface area contributed by atoms with Crippen LogP contribution in [0.25, 0.3) is 0 Å². The molecule has 6 rings (SSSR count). The number of likely N-dealkylation sites (tertiary alicyclic amines) is 2. The number of hydrogen-bond donors (Lipinski definition) is 2. The highest BCUT2D eigenvalue weighted by Crippen LogP contribution is 2.88. The Balaban J connectivity index is 1.28. The van der Waals surface area contributed by atoms with Crippen molar-refractivity contribution in [3.63, 3.8) is 0 Å². The quantitative estimate of drug-likeness (QED) is 0.192. The Morgan fingerprint density at radius 3 is 2.00 bits per heavy atom. The lowest BCUT2D eigenvalue weighted by Gasteiger charge is -2.37. The van der Waals surface area contributed by atoms with E-state index >= 15 is 4.79 Å². The highest BCUT2D eigenvalue weighted by atomic mass is 32.2. The Labute approximate surface area is 355 Å². The molecule has 4 aliphatic carbocycles. The van der Waals surface area contributed by atoms with E-state index in [2.05, 4.69) is 35.7 Å². The van der Waals surface area contributed by atoms with Crippen molar-refractivity contribution in [2.24, 2.45) is 44.8 Å². The van der Waals surface area contributed by atoms with Gasteiger partial charge in [0.05, 0.1) is 23.5 Å². The van der Waals surface area contributed by atoms with Crippen molar-refractivity contribution in [1.82, 2.24) is 24.1 Å². The Hall–Kier alpha value is -2.38. The SMILES string of the molecule is CC[C@@H]1C[C@]1(CC(=O)[C@@H]1C[C@@]2(CN1C(=O)[C@@H](CC(=O)[C@@H](NC(=O)[C@@H]1CCCN1CC)C1CCCCC1)C(C)(C)C)C(C)(C)C21CCC1)C(=O)NS(=O)(=O)N(C)C(C)(C)C. The van der Waals surface area contributed by atoms with E-state index in [-0.39, 0.29) is 70.3 Å². The molecule has 59 heavy (non-hydrogen) atoms. The van der Waals surface area contributed by atoms with Crippen molar-refractivity contribution >= 4 is 39.5 Å². The monoisotopic (exact) mass is 844 g/mol. The fourth-order valence-electron chi connectivity index (χ4n) is 12.7. The van der Waals surface area contributed by atoms with Crippen LogP contribution in [0.5, 0.6) is 0 Å². The topological polar surface area (TPSA) is 153 Å². The van der Waals surface area contributed by atoms with Crippen molar-refractivity contribution in [1.29, 1.82) is 0 Å². The molecule has 0 aromatic rings. The highest BCUT2D eigenvalue weighted by molar-refractivity contribution is 7.87. The summed E-state index contributed by atoms with van der Waals surface area (Å²) in [5.74, 6) is -2.16. The minimum Gasteiger partial charge on any atom is -0.345 e. The molecule has 0 aromatic heterocycles. The maximum absolute atomic E-state index is 15.4. The molecule has 2 spiro atoms. The summed E-state index contributed by atoms with van der Waals surface area (Å²) in [6, 6.07) is -1.71. The first kappa shape index (κ1) is 46.1. The molecule has 12 nitrogen and oxygen atoms in total. The maximum atomic E-state index is 15.4. The molecule has 0 aromatic carbocycles. The third kappa shape index (κ3) is 7.97. The van der Waals surface area contributed by atoms with Gasteiger partial charge in [-0.05, 0) is 113 Å². The molecule has 7 atom stereocenters. The van der Waals surface area contributed by atoms with Gasteiger partial charge in [-0.25, -0.2) is 4.72 Å². The normalized spacial score (nSPS) is 31.5. The third-order valence-electron chi connectivity index (χ3n) is 17.2. The van der Waals surface area contributed by atoms with E-state index in [4.69, 9.17) is 0 Å². The molecular weight excluding hydrogens is 767 g/mol. The molecule has 2 N–H and O–H groups in total. The van der Waals surface area contributed by atoms with Crippen LogP contribution < -0.4 is 10.0 Å². The number of rotatable bonds is 15. The van der Waals surface area contributed by atoms with Gasteiger partial charge in [0.1, 0.15) is 0 Å². The number of carbonyl (C=O) groups is 5. The van der Waals surface area contributed by atoms with Crippen LogP contribution >= 0.6 is 0 Å². The molecular formula is C46H77N5O7S. The zero-order valence-electron chi connectivity index (χ0n) is 38.3. The number of likely N-dealkylation sites (N-methyl/N-ethyl adjacent to an activating group) is 1. The summed E-state index contributed by atoms with van der Waals surface area (Å²) in [7, 11) is -2.75. The number of Topliss-reactive ketones (excluding diaryl/α,β-unsaturated/α-hetero) is 2. The highest BCUT2D eigenvalue weighted by Gasteiger charge is 2.85. The van der Waals surface area contributed by atoms with Gasteiger partial charge in [0.15, 0.2) is 11.6 Å². The van der Waals surface area contributed by atoms with E-state index in [1.54, 1.807) is 25.7 Å². The second kappa shape index (κ2) is 16.1. The van der Waals surface area contributed by atoms with Gasteiger partial charge in [-0.15, -0.1) is 0 Å². The molecule has 0 unspecified atom stereocenters. The minimum atomic E-state index is -4.18. The van der Waals surface area contributed by atoms with E-state index in [1.165, 1.54) is 7.05 Å². The van der Waals surface area contributed by atoms with Gasteiger partial charge in [-0.2, -0.15) is 12.7 Å². The first-order chi connectivity index (χ1) is 27.3. The second-order valence-corrected chi connectivity index (χ2v) is 24.0. The molecule has 13 heteroatoms. The molecule has 0 bridgehead atoms. The van der Waals surface area contributed by atoms with Gasteiger partial charge in [0.2, 0.25) is 17.7 Å². The first-order valence-corrected chi connectivity index (χ1v) is 24.5. The van der Waals surface area contributed by atoms with Crippen molar-refractivity contribution in [2.75, 3.05) is 26.7 Å². The van der Waals surface area contributed by atoms with Gasteiger partial charge >= 0.3 is 10.2 Å². The number of carbonyl (C=O) groups excluding carboxylic acids is 5. The number of ketones is 2. The van der Waals surface area contributed by atoms with Crippen molar-refractivity contribution in [2.45, 2.75) is 189 Å². The lowest BCUT2D eigenvalue weighted by molar-refractivity contribution is -0.147. The number of hydrogen-bond acceptors (Lipinski definition) is 8. The summed E-state index contributed by atoms with van der Waals surface area (Å²) < 4.78 is 30.2. The Bertz CT molecular complexity index is 1770. The molecule has 3 amide bonds. The predicted octanol–water partition coefficient (Wildman–Crippen LogP) is 6.42. The van der Waals surface area contributed by atoms with E-state index in [0.717, 1.165) is 81.6 Å². The van der Waals surface area contributed by atoms with Gasteiger partial charge in [-0.1, -0.05) is 80.6 Å². The van der Waals surface area contributed by atoms with Crippen molar-refractivity contribution < 1.29 is 32.4 Å². The molecule has 2 saturated heterocycles. The molecule has 334 valence electrons. The number of nitrogens with zero attached hydrogens (tertiary/aromatic N) is 3. The minimum absolute atomic E-state index is 0.0157. The van der Waals surface area contributed by atoms with Crippen LogP contribution in [-0.4, -0.2) is 102 Å². The number of nitrogens with one attached hydrogen (secondary N) is 2. The Kier molecular flexibility index (Phi) is 12.6. The van der Waals surface area contributed by atoms with Crippen LogP contribution in [0.1, 0.15) is 166 Å². The fraction of sp³-hybridized carbons (Fsp3) is 0.891. The Morgan fingerprint density at radius 1 is 0.847 bits per heavy atom. The van der Waals surface area contributed by atoms with E-state index in [1.807, 2.05) is 27.7 Å². The molecule has 0 radical (unpaired) electrons. The van der Waals surface area contributed by atoms with Crippen LogP contribution in [0, 0.1) is 44.8 Å². The Morgan fingerprint density at radius 2 is 1.49 bits per heavy atom. The van der Waals surface area contributed by atoms with Gasteiger partial charge in [-0.3, -0.25) is 28.9 Å². The second-order valence-electron chi connectivity index (χ2n) is 22.3. The van der Waals surface area contributed by atoms with Crippen LogP contribution in [-0.2, 0) is 34.2 Å². The van der Waals surface area contributed by atoms with E-state index < -0.39 is 50.5 Å². The van der Waals surface area contributed by atoms with Gasteiger partial charge in [0.25, 0.3) is 0 Å². The summed E-state index contributed by atoms with van der Waals surface area (Å²) in [5.41, 5.74) is -2.88. The largest absolute Gasteiger partial charge is 0.345 e. The number of amides is 3. The molecule has 2 heterocycles. The van der Waals surface area contributed by atoms with E-state index in [9.17, 15) is 27.6 Å².